The van der Waals surface area contributed by atoms with Gasteiger partial charge in [0.15, 0.2) is 0 Å². The van der Waals surface area contributed by atoms with Crippen LogP contribution in [0.3, 0.4) is 0 Å². The molecule has 1 aromatic heterocycles. The van der Waals surface area contributed by atoms with Gasteiger partial charge in [-0.1, -0.05) is 24.0 Å². The van der Waals surface area contributed by atoms with Gasteiger partial charge in [-0.25, -0.2) is 4.39 Å². The van der Waals surface area contributed by atoms with Gasteiger partial charge in [-0.3, -0.25) is 14.7 Å². The fourth-order valence-corrected chi connectivity index (χ4v) is 4.87. The lowest BCUT2D eigenvalue weighted by Gasteiger charge is -2.36. The molecule has 4 rings (SSSR count). The van der Waals surface area contributed by atoms with Crippen molar-refractivity contribution in [3.05, 3.63) is 71.7 Å². The maximum atomic E-state index is 13.8. The zero-order valence-electron chi connectivity index (χ0n) is 20.3. The molecule has 3 aromatic rings. The second kappa shape index (κ2) is 11.8. The maximum absolute atomic E-state index is 13.8. The summed E-state index contributed by atoms with van der Waals surface area (Å²) in [6.07, 6.45) is 5.59. The molecule has 0 amide bonds. The topological polar surface area (TPSA) is 51.7 Å². The van der Waals surface area contributed by atoms with E-state index in [4.69, 9.17) is 9.47 Å². The normalized spacial score (nSPS) is 18.0. The lowest BCUT2D eigenvalue weighted by Crippen LogP contribution is -2.44. The quantitative estimate of drug-likeness (QED) is 0.361. The van der Waals surface area contributed by atoms with Crippen LogP contribution >= 0.6 is 0 Å². The Hall–Kier alpha value is -3.43. The van der Waals surface area contributed by atoms with E-state index in [2.05, 4.69) is 27.8 Å². The van der Waals surface area contributed by atoms with Gasteiger partial charge in [0.25, 0.3) is 0 Å². The fraction of sp³-hybridized carbons (Fsp3) is 0.379. The van der Waals surface area contributed by atoms with Crippen LogP contribution in [0, 0.1) is 29.5 Å². The number of rotatable bonds is 7. The number of fused-ring (bicyclic) bond motifs is 1. The third kappa shape index (κ3) is 6.17. The number of hydrogen-bond acceptors (Lipinski definition) is 5. The molecule has 2 atom stereocenters. The number of carbonyl (C=O) groups is 1. The Morgan fingerprint density at radius 3 is 2.86 bits per heavy atom. The van der Waals surface area contributed by atoms with Crippen molar-refractivity contribution in [2.75, 3.05) is 33.9 Å². The zero-order chi connectivity index (χ0) is 24.6. The number of ether oxygens (including phenoxy) is 2. The van der Waals surface area contributed by atoms with E-state index in [9.17, 15) is 9.18 Å². The van der Waals surface area contributed by atoms with Crippen molar-refractivity contribution in [3.63, 3.8) is 0 Å². The highest BCUT2D eigenvalue weighted by Crippen LogP contribution is 2.30. The summed E-state index contributed by atoms with van der Waals surface area (Å²) < 4.78 is 24.3. The summed E-state index contributed by atoms with van der Waals surface area (Å²) in [4.78, 5) is 19.2. The van der Waals surface area contributed by atoms with Crippen molar-refractivity contribution in [2.45, 2.75) is 25.7 Å². The summed E-state index contributed by atoms with van der Waals surface area (Å²) in [7, 11) is 3.12. The van der Waals surface area contributed by atoms with Crippen molar-refractivity contribution in [3.8, 4) is 17.6 Å². The van der Waals surface area contributed by atoms with Crippen molar-refractivity contribution < 1.29 is 18.7 Å². The van der Waals surface area contributed by atoms with Crippen LogP contribution in [-0.4, -0.2) is 49.7 Å². The second-order valence-electron chi connectivity index (χ2n) is 8.94. The van der Waals surface area contributed by atoms with Gasteiger partial charge in [0.2, 0.25) is 0 Å². The Labute approximate surface area is 206 Å². The van der Waals surface area contributed by atoms with Crippen molar-refractivity contribution in [2.24, 2.45) is 11.8 Å². The molecule has 1 aliphatic rings. The standard InChI is InChI=1S/C29H31FN2O3/c1-34-24-12-13-28-25(19-24)21(14-16-31-28)8-5-9-22-15-18-32(20-26(22)29(33)35-2)17-6-10-23-7-3-4-11-27(23)30/h3-4,7,11-14,16,19,22,26H,5,8-9,15,17-18,20H2,1-2H3/t22-,26+/m1/s1. The number of pyridine rings is 1. The van der Waals surface area contributed by atoms with E-state index < -0.39 is 0 Å². The van der Waals surface area contributed by atoms with E-state index in [-0.39, 0.29) is 23.6 Å². The Morgan fingerprint density at radius 1 is 1.20 bits per heavy atom. The molecule has 35 heavy (non-hydrogen) atoms. The van der Waals surface area contributed by atoms with E-state index in [1.54, 1.807) is 25.3 Å². The first-order valence-corrected chi connectivity index (χ1v) is 12.0. The minimum Gasteiger partial charge on any atom is -0.497 e. The van der Waals surface area contributed by atoms with Crippen LogP contribution in [0.1, 0.15) is 30.4 Å². The van der Waals surface area contributed by atoms with Crippen LogP contribution in [-0.2, 0) is 16.0 Å². The van der Waals surface area contributed by atoms with E-state index in [1.165, 1.54) is 18.7 Å². The lowest BCUT2D eigenvalue weighted by molar-refractivity contribution is -0.149. The molecule has 1 fully saturated rings. The summed E-state index contributed by atoms with van der Waals surface area (Å²) in [6, 6.07) is 14.5. The molecule has 182 valence electrons. The number of carbonyl (C=O) groups excluding carboxylic acids is 1. The van der Waals surface area contributed by atoms with Gasteiger partial charge in [-0.2, -0.15) is 0 Å². The van der Waals surface area contributed by atoms with Crippen LogP contribution in [0.15, 0.2) is 54.7 Å². The molecule has 0 radical (unpaired) electrons. The number of benzene rings is 2. The average molecular weight is 475 g/mol. The molecule has 1 saturated heterocycles. The van der Waals surface area contributed by atoms with E-state index in [0.717, 1.165) is 48.9 Å². The van der Waals surface area contributed by atoms with E-state index in [1.807, 2.05) is 24.4 Å². The van der Waals surface area contributed by atoms with Crippen molar-refractivity contribution in [1.29, 1.82) is 0 Å². The van der Waals surface area contributed by atoms with Crippen LogP contribution in [0.25, 0.3) is 10.9 Å². The summed E-state index contributed by atoms with van der Waals surface area (Å²) in [5, 5.41) is 1.11. The van der Waals surface area contributed by atoms with Crippen LogP contribution in [0.4, 0.5) is 4.39 Å². The average Bonchev–Trinajstić information content (AvgIpc) is 2.89. The van der Waals surface area contributed by atoms with Crippen molar-refractivity contribution >= 4 is 16.9 Å². The summed E-state index contributed by atoms with van der Waals surface area (Å²) in [5.74, 6) is 6.40. The molecule has 0 bridgehead atoms. The van der Waals surface area contributed by atoms with Gasteiger partial charge >= 0.3 is 5.97 Å². The Kier molecular flexibility index (Phi) is 8.33. The number of esters is 1. The second-order valence-corrected chi connectivity index (χ2v) is 8.94. The Bertz CT molecular complexity index is 1230. The molecule has 6 heteroatoms. The number of nitrogens with zero attached hydrogens (tertiary/aromatic N) is 2. The smallest absolute Gasteiger partial charge is 0.310 e. The molecule has 0 aliphatic carbocycles. The van der Waals surface area contributed by atoms with Crippen molar-refractivity contribution in [1.82, 2.24) is 9.88 Å². The highest BCUT2D eigenvalue weighted by atomic mass is 19.1. The highest BCUT2D eigenvalue weighted by molar-refractivity contribution is 5.83. The first-order chi connectivity index (χ1) is 17.1. The molecule has 0 spiro atoms. The summed E-state index contributed by atoms with van der Waals surface area (Å²) in [6.45, 7) is 1.97. The van der Waals surface area contributed by atoms with Gasteiger partial charge in [0, 0.05) is 18.1 Å². The van der Waals surface area contributed by atoms with E-state index >= 15 is 0 Å². The first-order valence-electron chi connectivity index (χ1n) is 12.0. The fourth-order valence-electron chi connectivity index (χ4n) is 4.87. The zero-order valence-corrected chi connectivity index (χ0v) is 20.3. The van der Waals surface area contributed by atoms with Gasteiger partial charge in [-0.05, 0) is 80.1 Å². The number of aromatic nitrogens is 1. The van der Waals surface area contributed by atoms with Gasteiger partial charge in [-0.15, -0.1) is 0 Å². The van der Waals surface area contributed by atoms with Gasteiger partial charge in [0.1, 0.15) is 11.6 Å². The Morgan fingerprint density at radius 2 is 2.06 bits per heavy atom. The molecular formula is C29H31FN2O3. The minimum atomic E-state index is -0.313. The van der Waals surface area contributed by atoms with Crippen LogP contribution in [0.5, 0.6) is 5.75 Å². The number of aryl methyl sites for hydroxylation is 1. The minimum absolute atomic E-state index is 0.166. The number of likely N-dealkylation sites (tertiary alicyclic amines) is 1. The number of halogens is 1. The molecule has 0 unspecified atom stereocenters. The summed E-state index contributed by atoms with van der Waals surface area (Å²) in [5.41, 5.74) is 2.60. The first kappa shape index (κ1) is 24.7. The molecule has 0 N–H and O–H groups in total. The largest absolute Gasteiger partial charge is 0.497 e. The highest BCUT2D eigenvalue weighted by Gasteiger charge is 2.34. The number of piperidine rings is 1. The summed E-state index contributed by atoms with van der Waals surface area (Å²) >= 11 is 0. The molecule has 2 aromatic carbocycles. The monoisotopic (exact) mass is 474 g/mol. The molecule has 0 saturated carbocycles. The predicted octanol–water partition coefficient (Wildman–Crippen LogP) is 4.87. The third-order valence-corrected chi connectivity index (χ3v) is 6.80. The maximum Gasteiger partial charge on any atom is 0.310 e. The van der Waals surface area contributed by atoms with E-state index in [0.29, 0.717) is 18.7 Å². The van der Waals surface area contributed by atoms with Gasteiger partial charge in [0.05, 0.1) is 37.8 Å². The molecule has 5 nitrogen and oxygen atoms in total. The Balaban J connectivity index is 1.37. The molecular weight excluding hydrogens is 443 g/mol. The lowest BCUT2D eigenvalue weighted by atomic mass is 9.81. The third-order valence-electron chi connectivity index (χ3n) is 6.80. The SMILES string of the molecule is COC(=O)[C@H]1CN(CC#Cc2ccccc2F)CC[C@H]1CCCc1ccnc2ccc(OC)cc12. The number of hydrogen-bond donors (Lipinski definition) is 0. The molecule has 1 aliphatic heterocycles. The van der Waals surface area contributed by atoms with Gasteiger partial charge < -0.3 is 9.47 Å². The molecule has 2 heterocycles. The predicted molar refractivity (Wildman–Crippen MR) is 135 cm³/mol. The van der Waals surface area contributed by atoms with Crippen LogP contribution in [0.2, 0.25) is 0 Å². The van der Waals surface area contributed by atoms with Crippen LogP contribution < -0.4 is 4.74 Å². The number of methoxy groups -OCH3 is 2.